The van der Waals surface area contributed by atoms with Gasteiger partial charge in [0, 0.05) is 17.8 Å². The van der Waals surface area contributed by atoms with Gasteiger partial charge in [-0.1, -0.05) is 28.8 Å². The van der Waals surface area contributed by atoms with Gasteiger partial charge < -0.3 is 5.32 Å². The van der Waals surface area contributed by atoms with Crippen molar-refractivity contribution in [3.05, 3.63) is 0 Å². The van der Waals surface area contributed by atoms with E-state index in [1.807, 2.05) is 0 Å². The Morgan fingerprint density at radius 1 is 1.54 bits per heavy atom. The largest absolute Gasteiger partial charge is 0.353 e. The Morgan fingerprint density at radius 2 is 2.15 bits per heavy atom. The first-order valence-corrected chi connectivity index (χ1v) is 6.21. The zero-order valence-corrected chi connectivity index (χ0v) is 9.77. The van der Waals surface area contributed by atoms with Crippen LogP contribution < -0.4 is 5.32 Å². The first kappa shape index (κ1) is 11.0. The molecule has 1 aliphatic rings. The maximum Gasteiger partial charge on any atom is 0.221 e. The Morgan fingerprint density at radius 3 is 2.69 bits per heavy atom. The summed E-state index contributed by atoms with van der Waals surface area (Å²) >= 11 is 3.26. The van der Waals surface area contributed by atoms with Gasteiger partial charge in [-0.25, -0.2) is 0 Å². The highest BCUT2D eigenvalue weighted by molar-refractivity contribution is 9.09. The number of hydrogen-bond donors (Lipinski definition) is 1. The maximum atomic E-state index is 11.3. The van der Waals surface area contributed by atoms with E-state index >= 15 is 0 Å². The van der Waals surface area contributed by atoms with Crippen LogP contribution >= 0.6 is 15.9 Å². The summed E-state index contributed by atoms with van der Waals surface area (Å²) in [4.78, 5) is 11.3. The number of carbonyl (C=O) groups is 1. The molecule has 0 bridgehead atoms. The number of amides is 1. The van der Waals surface area contributed by atoms with E-state index in [0.717, 1.165) is 11.2 Å². The van der Waals surface area contributed by atoms with E-state index in [0.29, 0.717) is 12.5 Å². The molecule has 1 N–H and O–H groups in total. The van der Waals surface area contributed by atoms with Crippen LogP contribution in [0.1, 0.15) is 39.0 Å². The van der Waals surface area contributed by atoms with Gasteiger partial charge in [-0.3, -0.25) is 4.79 Å². The molecule has 0 aromatic rings. The summed E-state index contributed by atoms with van der Waals surface area (Å²) in [5.74, 6) is 0.899. The number of rotatable bonds is 4. The molecule has 1 rings (SSSR count). The summed E-state index contributed by atoms with van der Waals surface area (Å²) < 4.78 is 0. The van der Waals surface area contributed by atoms with Crippen LogP contribution in [0.5, 0.6) is 0 Å². The molecule has 0 radical (unpaired) electrons. The zero-order chi connectivity index (χ0) is 9.68. The molecule has 0 aromatic carbocycles. The van der Waals surface area contributed by atoms with E-state index in [4.69, 9.17) is 0 Å². The highest BCUT2D eigenvalue weighted by Gasteiger charge is 2.22. The highest BCUT2D eigenvalue weighted by atomic mass is 79.9. The van der Waals surface area contributed by atoms with Gasteiger partial charge >= 0.3 is 0 Å². The van der Waals surface area contributed by atoms with Crippen molar-refractivity contribution in [2.75, 3.05) is 5.33 Å². The Bertz CT molecular complexity index is 166. The van der Waals surface area contributed by atoms with Crippen molar-refractivity contribution in [3.63, 3.8) is 0 Å². The number of hydrogen-bond acceptors (Lipinski definition) is 1. The van der Waals surface area contributed by atoms with E-state index in [2.05, 4.69) is 28.2 Å². The molecular formula is C10H18BrNO. The van der Waals surface area contributed by atoms with E-state index in [1.165, 1.54) is 25.7 Å². The van der Waals surface area contributed by atoms with Gasteiger partial charge in [0.25, 0.3) is 0 Å². The van der Waals surface area contributed by atoms with Crippen LogP contribution in [0.25, 0.3) is 0 Å². The number of alkyl halides is 1. The van der Waals surface area contributed by atoms with Gasteiger partial charge in [0.1, 0.15) is 0 Å². The van der Waals surface area contributed by atoms with Crippen molar-refractivity contribution in [1.29, 1.82) is 0 Å². The SMILES string of the molecule is C[C@@H](NC(=O)CCBr)C1CCCC1. The summed E-state index contributed by atoms with van der Waals surface area (Å²) in [5.41, 5.74) is 0. The van der Waals surface area contributed by atoms with Crippen LogP contribution in [0.15, 0.2) is 0 Å². The lowest BCUT2D eigenvalue weighted by atomic mass is 10.00. The van der Waals surface area contributed by atoms with Crippen molar-refractivity contribution >= 4 is 21.8 Å². The van der Waals surface area contributed by atoms with Crippen molar-refractivity contribution in [2.24, 2.45) is 5.92 Å². The van der Waals surface area contributed by atoms with Crippen LogP contribution in [0.2, 0.25) is 0 Å². The lowest BCUT2D eigenvalue weighted by molar-refractivity contribution is -0.121. The minimum Gasteiger partial charge on any atom is -0.353 e. The van der Waals surface area contributed by atoms with Crippen LogP contribution in [-0.2, 0) is 4.79 Å². The average Bonchev–Trinajstić information content (AvgIpc) is 2.55. The van der Waals surface area contributed by atoms with Crippen molar-refractivity contribution in [1.82, 2.24) is 5.32 Å². The Hall–Kier alpha value is -0.0500. The fourth-order valence-corrected chi connectivity index (χ4v) is 2.35. The van der Waals surface area contributed by atoms with E-state index < -0.39 is 0 Å². The summed E-state index contributed by atoms with van der Waals surface area (Å²) in [6, 6.07) is 0.369. The summed E-state index contributed by atoms with van der Waals surface area (Å²) in [6.45, 7) is 2.13. The van der Waals surface area contributed by atoms with Crippen LogP contribution in [0.4, 0.5) is 0 Å². The molecular weight excluding hydrogens is 230 g/mol. The van der Waals surface area contributed by atoms with Crippen LogP contribution in [0, 0.1) is 5.92 Å². The third-order valence-electron chi connectivity index (χ3n) is 2.82. The highest BCUT2D eigenvalue weighted by Crippen LogP contribution is 2.27. The smallest absolute Gasteiger partial charge is 0.221 e. The van der Waals surface area contributed by atoms with Gasteiger partial charge in [0.15, 0.2) is 0 Å². The molecule has 0 aliphatic heterocycles. The fraction of sp³-hybridized carbons (Fsp3) is 0.900. The third-order valence-corrected chi connectivity index (χ3v) is 3.21. The maximum absolute atomic E-state index is 11.3. The van der Waals surface area contributed by atoms with Gasteiger partial charge in [0.2, 0.25) is 5.91 Å². The molecule has 1 saturated carbocycles. The Balaban J connectivity index is 2.22. The first-order chi connectivity index (χ1) is 6.24. The first-order valence-electron chi connectivity index (χ1n) is 5.09. The minimum absolute atomic E-state index is 0.177. The lowest BCUT2D eigenvalue weighted by Crippen LogP contribution is -2.37. The second kappa shape index (κ2) is 5.63. The predicted octanol–water partition coefficient (Wildman–Crippen LogP) is 2.47. The molecule has 0 heterocycles. The van der Waals surface area contributed by atoms with Gasteiger partial charge in [-0.15, -0.1) is 0 Å². The third kappa shape index (κ3) is 3.67. The molecule has 2 nitrogen and oxygen atoms in total. The van der Waals surface area contributed by atoms with E-state index in [1.54, 1.807) is 0 Å². The standard InChI is InChI=1S/C10H18BrNO/c1-8(9-4-2-3-5-9)12-10(13)6-7-11/h8-9H,2-7H2,1H3,(H,12,13)/t8-/m1/s1. The normalized spacial score (nSPS) is 20.2. The molecule has 76 valence electrons. The average molecular weight is 248 g/mol. The van der Waals surface area contributed by atoms with Gasteiger partial charge in [-0.2, -0.15) is 0 Å². The quantitative estimate of drug-likeness (QED) is 0.761. The monoisotopic (exact) mass is 247 g/mol. The van der Waals surface area contributed by atoms with Crippen molar-refractivity contribution in [2.45, 2.75) is 45.1 Å². The molecule has 1 aliphatic carbocycles. The summed E-state index contributed by atoms with van der Waals surface area (Å²) in [6.07, 6.45) is 5.84. The fourth-order valence-electron chi connectivity index (χ4n) is 1.99. The lowest BCUT2D eigenvalue weighted by Gasteiger charge is -2.19. The second-order valence-electron chi connectivity index (χ2n) is 3.84. The molecule has 0 spiro atoms. The Kier molecular flexibility index (Phi) is 4.78. The molecule has 3 heteroatoms. The van der Waals surface area contributed by atoms with E-state index in [9.17, 15) is 4.79 Å². The van der Waals surface area contributed by atoms with Crippen molar-refractivity contribution < 1.29 is 4.79 Å². The molecule has 13 heavy (non-hydrogen) atoms. The second-order valence-corrected chi connectivity index (χ2v) is 4.63. The van der Waals surface area contributed by atoms with Gasteiger partial charge in [0.05, 0.1) is 0 Å². The molecule has 1 fully saturated rings. The Labute approximate surface area is 88.6 Å². The predicted molar refractivity (Wildman–Crippen MR) is 58.0 cm³/mol. The topological polar surface area (TPSA) is 29.1 Å². The molecule has 0 aromatic heterocycles. The minimum atomic E-state index is 0.177. The molecule has 1 atom stereocenters. The van der Waals surface area contributed by atoms with E-state index in [-0.39, 0.29) is 5.91 Å². The van der Waals surface area contributed by atoms with Crippen LogP contribution in [-0.4, -0.2) is 17.3 Å². The molecule has 0 saturated heterocycles. The van der Waals surface area contributed by atoms with Crippen molar-refractivity contribution in [3.8, 4) is 0 Å². The molecule has 1 amide bonds. The summed E-state index contributed by atoms with van der Waals surface area (Å²) in [5, 5.41) is 3.81. The zero-order valence-electron chi connectivity index (χ0n) is 8.18. The molecule has 0 unspecified atom stereocenters. The number of nitrogens with one attached hydrogen (secondary N) is 1. The number of carbonyl (C=O) groups excluding carboxylic acids is 1. The number of halogens is 1. The van der Waals surface area contributed by atoms with Gasteiger partial charge in [-0.05, 0) is 25.7 Å². The summed E-state index contributed by atoms with van der Waals surface area (Å²) in [7, 11) is 0. The van der Waals surface area contributed by atoms with Crippen LogP contribution in [0.3, 0.4) is 0 Å².